The van der Waals surface area contributed by atoms with Gasteiger partial charge in [-0.25, -0.2) is 0 Å². The summed E-state index contributed by atoms with van der Waals surface area (Å²) in [6.07, 6.45) is 1.76. The molecule has 0 aliphatic carbocycles. The average Bonchev–Trinajstić information content (AvgIpc) is 2.51. The van der Waals surface area contributed by atoms with Crippen LogP contribution in [0.5, 0.6) is 5.75 Å². The van der Waals surface area contributed by atoms with Crippen molar-refractivity contribution in [1.29, 1.82) is 0 Å². The minimum Gasteiger partial charge on any atom is -0.484 e. The van der Waals surface area contributed by atoms with Crippen LogP contribution in [0.3, 0.4) is 0 Å². The monoisotopic (exact) mass is 337 g/mol. The van der Waals surface area contributed by atoms with Crippen molar-refractivity contribution in [1.82, 2.24) is 5.32 Å². The molecule has 2 aromatic rings. The summed E-state index contributed by atoms with van der Waals surface area (Å²) in [6, 6.07) is 14.7. The van der Waals surface area contributed by atoms with Crippen LogP contribution in [0.4, 0.5) is 0 Å². The maximum Gasteiger partial charge on any atom is 0.257 e. The molecule has 0 aliphatic rings. The highest BCUT2D eigenvalue weighted by molar-refractivity contribution is 6.30. The number of aryl methyl sites for hydroxylation is 1. The van der Waals surface area contributed by atoms with Gasteiger partial charge in [-0.3, -0.25) is 4.79 Å². The number of carbonyl (C=O) groups excluding carboxylic acids is 1. The zero-order valence-electron chi connectivity index (χ0n) is 12.0. The lowest BCUT2D eigenvalue weighted by Gasteiger charge is -2.08. The third-order valence-corrected chi connectivity index (χ3v) is 3.53. The first-order valence-electron chi connectivity index (χ1n) is 7.03. The molecule has 0 aliphatic heterocycles. The lowest BCUT2D eigenvalue weighted by Crippen LogP contribution is -2.29. The van der Waals surface area contributed by atoms with E-state index in [1.54, 1.807) is 24.3 Å². The summed E-state index contributed by atoms with van der Waals surface area (Å²) in [7, 11) is 0. The van der Waals surface area contributed by atoms with E-state index >= 15 is 0 Å². The van der Waals surface area contributed by atoms with E-state index in [2.05, 4.69) is 5.32 Å². The lowest BCUT2D eigenvalue weighted by molar-refractivity contribution is -0.123. The summed E-state index contributed by atoms with van der Waals surface area (Å²) < 4.78 is 5.37. The Morgan fingerprint density at radius 1 is 1.05 bits per heavy atom. The first kappa shape index (κ1) is 16.7. The SMILES string of the molecule is O=C(COc1cccc(Cl)c1)NCCCc1ccc(Cl)cc1. The number of carbonyl (C=O) groups is 1. The molecular weight excluding hydrogens is 321 g/mol. The molecule has 22 heavy (non-hydrogen) atoms. The highest BCUT2D eigenvalue weighted by Gasteiger charge is 2.03. The summed E-state index contributed by atoms with van der Waals surface area (Å²) in [5.41, 5.74) is 1.20. The molecule has 0 spiro atoms. The van der Waals surface area contributed by atoms with Gasteiger partial charge < -0.3 is 10.1 Å². The average molecular weight is 338 g/mol. The van der Waals surface area contributed by atoms with Crippen molar-refractivity contribution in [3.05, 3.63) is 64.1 Å². The van der Waals surface area contributed by atoms with Crippen molar-refractivity contribution in [3.8, 4) is 5.75 Å². The smallest absolute Gasteiger partial charge is 0.257 e. The van der Waals surface area contributed by atoms with E-state index in [-0.39, 0.29) is 12.5 Å². The molecule has 0 atom stereocenters. The number of hydrogen-bond donors (Lipinski definition) is 1. The predicted molar refractivity (Wildman–Crippen MR) is 89.7 cm³/mol. The van der Waals surface area contributed by atoms with E-state index in [1.165, 1.54) is 5.56 Å². The molecule has 2 rings (SSSR count). The van der Waals surface area contributed by atoms with E-state index in [4.69, 9.17) is 27.9 Å². The molecule has 116 valence electrons. The zero-order valence-corrected chi connectivity index (χ0v) is 13.5. The summed E-state index contributed by atoms with van der Waals surface area (Å²) in [4.78, 5) is 11.7. The Bertz CT molecular complexity index is 614. The first-order valence-corrected chi connectivity index (χ1v) is 7.78. The second kappa shape index (κ2) is 8.66. The van der Waals surface area contributed by atoms with Crippen molar-refractivity contribution < 1.29 is 9.53 Å². The topological polar surface area (TPSA) is 38.3 Å². The van der Waals surface area contributed by atoms with Crippen LogP contribution in [0.15, 0.2) is 48.5 Å². The van der Waals surface area contributed by atoms with E-state index in [9.17, 15) is 4.79 Å². The first-order chi connectivity index (χ1) is 10.6. The van der Waals surface area contributed by atoms with E-state index < -0.39 is 0 Å². The highest BCUT2D eigenvalue weighted by Crippen LogP contribution is 2.16. The molecule has 2 aromatic carbocycles. The number of benzene rings is 2. The summed E-state index contributed by atoms with van der Waals surface area (Å²) >= 11 is 11.7. The summed E-state index contributed by atoms with van der Waals surface area (Å²) in [5.74, 6) is 0.444. The number of halogens is 2. The Labute approximate surface area is 140 Å². The van der Waals surface area contributed by atoms with Gasteiger partial charge in [-0.1, -0.05) is 41.4 Å². The van der Waals surface area contributed by atoms with Gasteiger partial charge >= 0.3 is 0 Å². The van der Waals surface area contributed by atoms with Crippen molar-refractivity contribution >= 4 is 29.1 Å². The second-order valence-corrected chi connectivity index (χ2v) is 5.70. The molecule has 0 radical (unpaired) electrons. The van der Waals surface area contributed by atoms with E-state index in [0.29, 0.717) is 17.3 Å². The number of hydrogen-bond acceptors (Lipinski definition) is 2. The van der Waals surface area contributed by atoms with Gasteiger partial charge in [0.25, 0.3) is 5.91 Å². The standard InChI is InChI=1S/C17H17Cl2NO2/c18-14-8-6-13(7-9-14)3-2-10-20-17(21)12-22-16-5-1-4-15(19)11-16/h1,4-9,11H,2-3,10,12H2,(H,20,21). The van der Waals surface area contributed by atoms with Gasteiger partial charge in [0.05, 0.1) is 0 Å². The van der Waals surface area contributed by atoms with Gasteiger partial charge in [-0.05, 0) is 48.7 Å². The molecule has 0 heterocycles. The van der Waals surface area contributed by atoms with Crippen LogP contribution < -0.4 is 10.1 Å². The second-order valence-electron chi connectivity index (χ2n) is 4.83. The van der Waals surface area contributed by atoms with E-state index in [0.717, 1.165) is 17.9 Å². The molecule has 0 aromatic heterocycles. The zero-order chi connectivity index (χ0) is 15.8. The van der Waals surface area contributed by atoms with Crippen LogP contribution in [0.1, 0.15) is 12.0 Å². The Kier molecular flexibility index (Phi) is 6.56. The van der Waals surface area contributed by atoms with Gasteiger partial charge in [0.1, 0.15) is 5.75 Å². The fourth-order valence-corrected chi connectivity index (χ4v) is 2.23. The minimum absolute atomic E-state index is 0.0126. The Morgan fingerprint density at radius 3 is 2.55 bits per heavy atom. The van der Waals surface area contributed by atoms with Crippen LogP contribution in [0, 0.1) is 0 Å². The Balaban J connectivity index is 1.62. The van der Waals surface area contributed by atoms with Crippen LogP contribution in [-0.4, -0.2) is 19.1 Å². The number of rotatable bonds is 7. The fourth-order valence-electron chi connectivity index (χ4n) is 1.93. The van der Waals surface area contributed by atoms with Gasteiger partial charge in [0.15, 0.2) is 6.61 Å². The van der Waals surface area contributed by atoms with Gasteiger partial charge in [-0.15, -0.1) is 0 Å². The van der Waals surface area contributed by atoms with Crippen molar-refractivity contribution in [2.75, 3.05) is 13.2 Å². The van der Waals surface area contributed by atoms with Crippen LogP contribution in [0.2, 0.25) is 10.0 Å². The van der Waals surface area contributed by atoms with Crippen LogP contribution in [0.25, 0.3) is 0 Å². The molecule has 0 saturated carbocycles. The van der Waals surface area contributed by atoms with Crippen molar-refractivity contribution in [2.45, 2.75) is 12.8 Å². The summed E-state index contributed by atoms with van der Waals surface area (Å²) in [5, 5.41) is 4.14. The van der Waals surface area contributed by atoms with Crippen molar-refractivity contribution in [3.63, 3.8) is 0 Å². The molecule has 1 amide bonds. The number of nitrogens with one attached hydrogen (secondary N) is 1. The molecule has 1 N–H and O–H groups in total. The number of amides is 1. The minimum atomic E-state index is -0.143. The van der Waals surface area contributed by atoms with Crippen LogP contribution >= 0.6 is 23.2 Å². The molecule has 5 heteroatoms. The van der Waals surface area contributed by atoms with Gasteiger partial charge in [0, 0.05) is 16.6 Å². The van der Waals surface area contributed by atoms with E-state index in [1.807, 2.05) is 24.3 Å². The lowest BCUT2D eigenvalue weighted by atomic mass is 10.1. The maximum atomic E-state index is 11.7. The normalized spacial score (nSPS) is 10.3. The Hall–Kier alpha value is -1.71. The fraction of sp³-hybridized carbons (Fsp3) is 0.235. The third-order valence-electron chi connectivity index (χ3n) is 3.04. The quantitative estimate of drug-likeness (QED) is 0.771. The third kappa shape index (κ3) is 5.96. The molecule has 0 fully saturated rings. The number of ether oxygens (including phenoxy) is 1. The molecular formula is C17H17Cl2NO2. The maximum absolute atomic E-state index is 11.7. The van der Waals surface area contributed by atoms with Gasteiger partial charge in [0.2, 0.25) is 0 Å². The largest absolute Gasteiger partial charge is 0.484 e. The molecule has 0 bridgehead atoms. The highest BCUT2D eigenvalue weighted by atomic mass is 35.5. The van der Waals surface area contributed by atoms with Crippen molar-refractivity contribution in [2.24, 2.45) is 0 Å². The molecule has 0 saturated heterocycles. The predicted octanol–water partition coefficient (Wildman–Crippen LogP) is 4.12. The molecule has 0 unspecified atom stereocenters. The van der Waals surface area contributed by atoms with Gasteiger partial charge in [-0.2, -0.15) is 0 Å². The Morgan fingerprint density at radius 2 is 1.82 bits per heavy atom. The summed E-state index contributed by atoms with van der Waals surface area (Å²) in [6.45, 7) is 0.599. The molecule has 3 nitrogen and oxygen atoms in total. The van der Waals surface area contributed by atoms with Crippen LogP contribution in [-0.2, 0) is 11.2 Å².